The molecule has 4 heteroatoms. The minimum absolute atomic E-state index is 0.339. The van der Waals surface area contributed by atoms with Crippen molar-refractivity contribution in [2.45, 2.75) is 25.9 Å². The highest BCUT2D eigenvalue weighted by Crippen LogP contribution is 2.16. The molecule has 0 saturated carbocycles. The van der Waals surface area contributed by atoms with Crippen molar-refractivity contribution in [3.05, 3.63) is 0 Å². The molecule has 1 atom stereocenters. The Balaban J connectivity index is 2.40. The summed E-state index contributed by atoms with van der Waals surface area (Å²) < 4.78 is 0. The molecule has 0 aliphatic carbocycles. The fraction of sp³-hybridized carbons (Fsp3) is 0.889. The van der Waals surface area contributed by atoms with Gasteiger partial charge in [0.2, 0.25) is 0 Å². The monoisotopic (exact) mass is 187 g/mol. The van der Waals surface area contributed by atoms with E-state index >= 15 is 0 Å². The van der Waals surface area contributed by atoms with E-state index in [1.165, 1.54) is 0 Å². The van der Waals surface area contributed by atoms with Crippen molar-refractivity contribution in [1.29, 1.82) is 0 Å². The number of likely N-dealkylation sites (tertiary alicyclic amines) is 1. The molecule has 1 fully saturated rings. The zero-order valence-electron chi connectivity index (χ0n) is 7.94. The van der Waals surface area contributed by atoms with Crippen LogP contribution < -0.4 is 0 Å². The Morgan fingerprint density at radius 3 is 2.54 bits per heavy atom. The maximum atomic E-state index is 11.4. The summed E-state index contributed by atoms with van der Waals surface area (Å²) in [5.41, 5.74) is 0. The van der Waals surface area contributed by atoms with Crippen LogP contribution in [0.5, 0.6) is 0 Å². The minimum Gasteiger partial charge on any atom is -0.393 e. The highest BCUT2D eigenvalue weighted by molar-refractivity contribution is 5.80. The van der Waals surface area contributed by atoms with Crippen molar-refractivity contribution in [2.75, 3.05) is 19.7 Å². The first-order chi connectivity index (χ1) is 6.15. The molecule has 2 N–H and O–H groups in total. The van der Waals surface area contributed by atoms with E-state index in [-0.39, 0.29) is 5.91 Å². The van der Waals surface area contributed by atoms with E-state index in [4.69, 9.17) is 10.2 Å². The number of amides is 1. The fourth-order valence-electron chi connectivity index (χ4n) is 1.52. The summed E-state index contributed by atoms with van der Waals surface area (Å²) in [6.07, 6.45) is 0.752. The number of piperidine rings is 1. The molecule has 0 aromatic heterocycles. The third-order valence-electron chi connectivity index (χ3n) is 2.55. The number of carbonyl (C=O) groups is 1. The molecule has 1 aliphatic heterocycles. The topological polar surface area (TPSA) is 60.8 Å². The molecule has 4 nitrogen and oxygen atoms in total. The largest absolute Gasteiger partial charge is 0.393 e. The van der Waals surface area contributed by atoms with E-state index in [0.717, 1.165) is 12.8 Å². The molecule has 1 heterocycles. The van der Waals surface area contributed by atoms with Crippen LogP contribution in [0.2, 0.25) is 0 Å². The van der Waals surface area contributed by atoms with Crippen LogP contribution in [0.4, 0.5) is 0 Å². The van der Waals surface area contributed by atoms with E-state index in [1.807, 2.05) is 0 Å². The number of rotatable bonds is 2. The van der Waals surface area contributed by atoms with Crippen LogP contribution in [-0.4, -0.2) is 46.8 Å². The molecule has 1 saturated heterocycles. The van der Waals surface area contributed by atoms with Crippen molar-refractivity contribution in [3.8, 4) is 0 Å². The van der Waals surface area contributed by atoms with Crippen LogP contribution in [0.15, 0.2) is 0 Å². The highest BCUT2D eigenvalue weighted by atomic mass is 16.3. The molecule has 0 bridgehead atoms. The van der Waals surface area contributed by atoms with Gasteiger partial charge in [0, 0.05) is 13.1 Å². The van der Waals surface area contributed by atoms with E-state index in [2.05, 4.69) is 6.92 Å². The van der Waals surface area contributed by atoms with Crippen molar-refractivity contribution >= 4 is 5.91 Å². The van der Waals surface area contributed by atoms with Gasteiger partial charge in [-0.3, -0.25) is 4.79 Å². The van der Waals surface area contributed by atoms with Gasteiger partial charge in [0.25, 0.3) is 5.91 Å². The van der Waals surface area contributed by atoms with Crippen molar-refractivity contribution < 1.29 is 15.0 Å². The van der Waals surface area contributed by atoms with Gasteiger partial charge in [-0.2, -0.15) is 0 Å². The molecule has 0 spiro atoms. The van der Waals surface area contributed by atoms with Gasteiger partial charge >= 0.3 is 0 Å². The fourth-order valence-corrected chi connectivity index (χ4v) is 1.52. The van der Waals surface area contributed by atoms with Crippen LogP contribution in [0, 0.1) is 5.92 Å². The molecule has 1 aliphatic rings. The molecular formula is C9H17NO3. The maximum Gasteiger partial charge on any atom is 0.253 e. The molecule has 1 amide bonds. The second kappa shape index (κ2) is 4.58. The van der Waals surface area contributed by atoms with Gasteiger partial charge in [-0.1, -0.05) is 6.92 Å². The molecule has 76 valence electrons. The molecule has 0 radical (unpaired) electrons. The summed E-state index contributed by atoms with van der Waals surface area (Å²) in [5, 5.41) is 17.7. The predicted octanol–water partition coefficient (Wildman–Crippen LogP) is -0.402. The van der Waals surface area contributed by atoms with E-state index < -0.39 is 12.7 Å². The second-order valence-electron chi connectivity index (χ2n) is 3.71. The first-order valence-electron chi connectivity index (χ1n) is 4.73. The lowest BCUT2D eigenvalue weighted by molar-refractivity contribution is -0.143. The van der Waals surface area contributed by atoms with Crippen LogP contribution in [-0.2, 0) is 4.79 Å². The Bertz CT molecular complexity index is 176. The smallest absolute Gasteiger partial charge is 0.253 e. The lowest BCUT2D eigenvalue weighted by Crippen LogP contribution is -2.44. The number of aliphatic hydroxyl groups excluding tert-OH is 2. The molecular weight excluding hydrogens is 170 g/mol. The van der Waals surface area contributed by atoms with Crippen LogP contribution in [0.1, 0.15) is 19.8 Å². The average molecular weight is 187 g/mol. The van der Waals surface area contributed by atoms with Crippen molar-refractivity contribution in [2.24, 2.45) is 5.92 Å². The van der Waals surface area contributed by atoms with Gasteiger partial charge in [-0.25, -0.2) is 0 Å². The predicted molar refractivity (Wildman–Crippen MR) is 48.1 cm³/mol. The van der Waals surface area contributed by atoms with Crippen molar-refractivity contribution in [3.63, 3.8) is 0 Å². The van der Waals surface area contributed by atoms with E-state index in [9.17, 15) is 4.79 Å². The molecule has 0 unspecified atom stereocenters. The molecule has 0 aromatic carbocycles. The number of nitrogens with zero attached hydrogens (tertiary/aromatic N) is 1. The van der Waals surface area contributed by atoms with Gasteiger partial charge in [-0.15, -0.1) is 0 Å². The van der Waals surface area contributed by atoms with E-state index in [0.29, 0.717) is 19.0 Å². The molecule has 13 heavy (non-hydrogen) atoms. The summed E-state index contributed by atoms with van der Waals surface area (Å²) in [5.74, 6) is 0.324. The Kier molecular flexibility index (Phi) is 3.69. The van der Waals surface area contributed by atoms with Crippen LogP contribution in [0.25, 0.3) is 0 Å². The number of aliphatic hydroxyl groups is 2. The maximum absolute atomic E-state index is 11.4. The average Bonchev–Trinajstić information content (AvgIpc) is 2.17. The first-order valence-corrected chi connectivity index (χ1v) is 4.73. The minimum atomic E-state index is -1.23. The molecule has 0 aromatic rings. The van der Waals surface area contributed by atoms with E-state index in [1.54, 1.807) is 4.90 Å². The van der Waals surface area contributed by atoms with Gasteiger partial charge < -0.3 is 15.1 Å². The SMILES string of the molecule is CC1CCN(C(=O)[C@@H](O)CO)CC1. The number of carbonyl (C=O) groups excluding carboxylic acids is 1. The second-order valence-corrected chi connectivity index (χ2v) is 3.71. The normalized spacial score (nSPS) is 21.6. The first kappa shape index (κ1) is 10.5. The third kappa shape index (κ3) is 2.67. The highest BCUT2D eigenvalue weighted by Gasteiger charge is 2.24. The Hall–Kier alpha value is -0.610. The van der Waals surface area contributed by atoms with Crippen molar-refractivity contribution in [1.82, 2.24) is 4.90 Å². The summed E-state index contributed by atoms with van der Waals surface area (Å²) in [7, 11) is 0. The summed E-state index contributed by atoms with van der Waals surface area (Å²) >= 11 is 0. The lowest BCUT2D eigenvalue weighted by atomic mass is 9.99. The summed E-state index contributed by atoms with van der Waals surface area (Å²) in [4.78, 5) is 13.0. The van der Waals surface area contributed by atoms with Crippen LogP contribution >= 0.6 is 0 Å². The van der Waals surface area contributed by atoms with Gasteiger partial charge in [0.1, 0.15) is 0 Å². The zero-order valence-corrected chi connectivity index (χ0v) is 7.94. The third-order valence-corrected chi connectivity index (χ3v) is 2.55. The number of hydrogen-bond acceptors (Lipinski definition) is 3. The lowest BCUT2D eigenvalue weighted by Gasteiger charge is -2.31. The Labute approximate surface area is 78.2 Å². The molecule has 1 rings (SSSR count). The van der Waals surface area contributed by atoms with Gasteiger partial charge in [0.05, 0.1) is 6.61 Å². The standard InChI is InChI=1S/C9H17NO3/c1-7-2-4-10(5-3-7)9(13)8(12)6-11/h7-8,11-12H,2-6H2,1H3/t8-/m0/s1. The Morgan fingerprint density at radius 2 is 2.08 bits per heavy atom. The zero-order chi connectivity index (χ0) is 9.84. The van der Waals surface area contributed by atoms with Crippen LogP contribution in [0.3, 0.4) is 0 Å². The Morgan fingerprint density at radius 1 is 1.54 bits per heavy atom. The van der Waals surface area contributed by atoms with Gasteiger partial charge in [0.15, 0.2) is 6.10 Å². The summed E-state index contributed by atoms with van der Waals surface area (Å²) in [6, 6.07) is 0. The van der Waals surface area contributed by atoms with Gasteiger partial charge in [-0.05, 0) is 18.8 Å². The summed E-state index contributed by atoms with van der Waals surface area (Å²) in [6.45, 7) is 3.09. The number of hydrogen-bond donors (Lipinski definition) is 2. The quantitative estimate of drug-likeness (QED) is 0.618.